The van der Waals surface area contributed by atoms with Gasteiger partial charge < -0.3 is 4.98 Å². The summed E-state index contributed by atoms with van der Waals surface area (Å²) in [6.45, 7) is 0. The van der Waals surface area contributed by atoms with Gasteiger partial charge in [-0.25, -0.2) is 26.6 Å². The van der Waals surface area contributed by atoms with E-state index in [-0.39, 0.29) is 5.56 Å². The molecule has 0 bridgehead atoms. The van der Waals surface area contributed by atoms with Crippen molar-refractivity contribution in [2.75, 3.05) is 6.26 Å². The van der Waals surface area contributed by atoms with Gasteiger partial charge in [0.2, 0.25) is 5.82 Å². The second-order valence-corrected chi connectivity index (χ2v) is 7.83. The van der Waals surface area contributed by atoms with Gasteiger partial charge in [0.1, 0.15) is 22.3 Å². The first-order chi connectivity index (χ1) is 12.9. The molecule has 0 atom stereocenters. The van der Waals surface area contributed by atoms with Crippen LogP contribution in [0.15, 0.2) is 41.3 Å². The first-order valence-corrected chi connectivity index (χ1v) is 9.39. The van der Waals surface area contributed by atoms with E-state index in [0.717, 1.165) is 24.3 Å². The van der Waals surface area contributed by atoms with Gasteiger partial charge in [-0.15, -0.1) is 0 Å². The average Bonchev–Trinajstić information content (AvgIpc) is 3.01. The third kappa shape index (κ3) is 3.75. The number of hydrogen-bond acceptors (Lipinski definition) is 3. The molecule has 0 unspecified atom stereocenters. The van der Waals surface area contributed by atoms with Crippen LogP contribution < -0.4 is 0 Å². The molecule has 0 aliphatic rings. The lowest BCUT2D eigenvalue weighted by Gasteiger charge is -2.08. The van der Waals surface area contributed by atoms with Gasteiger partial charge in [-0.05, 0) is 36.4 Å². The van der Waals surface area contributed by atoms with Gasteiger partial charge in [0.15, 0.2) is 9.84 Å². The zero-order valence-electron chi connectivity index (χ0n) is 13.9. The number of imidazole rings is 1. The van der Waals surface area contributed by atoms with Crippen molar-refractivity contribution in [2.24, 2.45) is 0 Å². The van der Waals surface area contributed by atoms with Gasteiger partial charge in [-0.3, -0.25) is 0 Å². The van der Waals surface area contributed by atoms with E-state index in [0.29, 0.717) is 18.4 Å². The summed E-state index contributed by atoms with van der Waals surface area (Å²) in [6, 6.07) is 5.01. The maximum Gasteiger partial charge on any atom is 0.449 e. The second-order valence-electron chi connectivity index (χ2n) is 5.85. The number of nitrogens with one attached hydrogen (secondary N) is 1. The van der Waals surface area contributed by atoms with Crippen molar-refractivity contribution in [2.45, 2.75) is 11.1 Å². The van der Waals surface area contributed by atoms with Crippen LogP contribution in [0.4, 0.5) is 26.3 Å². The third-order valence-corrected chi connectivity index (χ3v) is 4.89. The monoisotopic (exact) mass is 420 g/mol. The van der Waals surface area contributed by atoms with Crippen LogP contribution in [0.2, 0.25) is 0 Å². The van der Waals surface area contributed by atoms with Crippen molar-refractivity contribution < 1.29 is 34.8 Å². The Bertz CT molecular complexity index is 1150. The van der Waals surface area contributed by atoms with E-state index in [1.807, 2.05) is 4.98 Å². The minimum absolute atomic E-state index is 0.00940. The van der Waals surface area contributed by atoms with E-state index < -0.39 is 61.1 Å². The zero-order valence-corrected chi connectivity index (χ0v) is 14.7. The third-order valence-electron chi connectivity index (χ3n) is 3.78. The van der Waals surface area contributed by atoms with Gasteiger partial charge in [-0.2, -0.15) is 13.2 Å². The summed E-state index contributed by atoms with van der Waals surface area (Å²) in [5, 5.41) is 0. The highest BCUT2D eigenvalue weighted by molar-refractivity contribution is 7.90. The number of hydrogen-bond donors (Lipinski definition) is 1. The smallest absolute Gasteiger partial charge is 0.334 e. The molecule has 11 heteroatoms. The molecule has 0 radical (unpaired) electrons. The summed E-state index contributed by atoms with van der Waals surface area (Å²) in [5.41, 5.74) is -1.59. The molecular formula is C17H10F6N2O2S. The van der Waals surface area contributed by atoms with Crippen LogP contribution in [0.5, 0.6) is 0 Å². The highest BCUT2D eigenvalue weighted by Gasteiger charge is 2.36. The van der Waals surface area contributed by atoms with Gasteiger partial charge in [0.05, 0.1) is 11.4 Å². The zero-order chi connectivity index (χ0) is 20.9. The Morgan fingerprint density at radius 3 is 2.11 bits per heavy atom. The molecule has 0 fully saturated rings. The van der Waals surface area contributed by atoms with E-state index in [1.165, 1.54) is 0 Å². The summed E-state index contributed by atoms with van der Waals surface area (Å²) in [6.07, 6.45) is -4.26. The number of aromatic nitrogens is 2. The molecule has 1 N–H and O–H groups in total. The number of halogens is 6. The van der Waals surface area contributed by atoms with E-state index in [4.69, 9.17) is 0 Å². The molecule has 3 aromatic rings. The number of alkyl halides is 3. The molecule has 0 spiro atoms. The maximum absolute atomic E-state index is 14.5. The lowest BCUT2D eigenvalue weighted by atomic mass is 10.0. The van der Waals surface area contributed by atoms with Crippen LogP contribution in [-0.2, 0) is 16.0 Å². The van der Waals surface area contributed by atoms with Crippen molar-refractivity contribution in [3.8, 4) is 22.5 Å². The fourth-order valence-corrected chi connectivity index (χ4v) is 3.25. The number of sulfone groups is 1. The van der Waals surface area contributed by atoms with Crippen molar-refractivity contribution in [1.82, 2.24) is 9.97 Å². The number of rotatable bonds is 3. The normalized spacial score (nSPS) is 12.4. The van der Waals surface area contributed by atoms with Gasteiger partial charge in [0, 0.05) is 17.4 Å². The molecule has 2 aromatic carbocycles. The Balaban J connectivity index is 2.28. The molecule has 0 saturated carbocycles. The summed E-state index contributed by atoms with van der Waals surface area (Å²) in [4.78, 5) is 4.34. The summed E-state index contributed by atoms with van der Waals surface area (Å²) < 4.78 is 104. The highest BCUT2D eigenvalue weighted by atomic mass is 32.2. The van der Waals surface area contributed by atoms with Crippen LogP contribution in [0, 0.1) is 17.5 Å². The molecule has 3 rings (SSSR count). The van der Waals surface area contributed by atoms with Crippen LogP contribution in [-0.4, -0.2) is 24.6 Å². The quantitative estimate of drug-likeness (QED) is 0.631. The minimum atomic E-state index is -4.92. The highest BCUT2D eigenvalue weighted by Crippen LogP contribution is 2.37. The molecular weight excluding hydrogens is 410 g/mol. The lowest BCUT2D eigenvalue weighted by molar-refractivity contribution is -0.144. The molecule has 0 aliphatic heterocycles. The van der Waals surface area contributed by atoms with Crippen LogP contribution in [0.25, 0.3) is 22.5 Å². The summed E-state index contributed by atoms with van der Waals surface area (Å²) in [7, 11) is -4.10. The first kappa shape index (κ1) is 19.9. The number of aromatic amines is 1. The van der Waals surface area contributed by atoms with Crippen molar-refractivity contribution in [3.05, 3.63) is 59.7 Å². The fraction of sp³-hybridized carbons (Fsp3) is 0.118. The molecule has 0 aliphatic carbocycles. The standard InChI is InChI=1S/C17H10F6N2O2S/c1-28(26,27)13-7-11(19)10(6-12(13)20)15-14(8-2-4-9(18)5-3-8)24-16(25-15)17(21,22)23/h2-7H,1H3,(H,24,25). The maximum atomic E-state index is 14.5. The van der Waals surface area contributed by atoms with E-state index in [1.54, 1.807) is 0 Å². The Hall–Kier alpha value is -2.82. The van der Waals surface area contributed by atoms with Crippen molar-refractivity contribution in [3.63, 3.8) is 0 Å². The number of benzene rings is 2. The summed E-state index contributed by atoms with van der Waals surface area (Å²) >= 11 is 0. The molecule has 1 heterocycles. The number of nitrogens with zero attached hydrogens (tertiary/aromatic N) is 1. The van der Waals surface area contributed by atoms with Crippen molar-refractivity contribution in [1.29, 1.82) is 0 Å². The SMILES string of the molecule is CS(=O)(=O)c1cc(F)c(-c2[nH]c(C(F)(F)F)nc2-c2ccc(F)cc2)cc1F. The second kappa shape index (κ2) is 6.66. The van der Waals surface area contributed by atoms with E-state index in [2.05, 4.69) is 4.98 Å². The first-order valence-electron chi connectivity index (χ1n) is 7.50. The molecule has 0 amide bonds. The molecule has 0 saturated heterocycles. The Morgan fingerprint density at radius 2 is 1.57 bits per heavy atom. The van der Waals surface area contributed by atoms with Gasteiger partial charge in [0.25, 0.3) is 0 Å². The Kier molecular flexibility index (Phi) is 4.74. The summed E-state index contributed by atoms with van der Waals surface area (Å²) in [5.74, 6) is -4.75. The van der Waals surface area contributed by atoms with E-state index in [9.17, 15) is 34.8 Å². The van der Waals surface area contributed by atoms with Gasteiger partial charge in [-0.1, -0.05) is 0 Å². The predicted octanol–water partition coefficient (Wildman–Crippen LogP) is 4.58. The van der Waals surface area contributed by atoms with E-state index >= 15 is 0 Å². The number of H-pyrrole nitrogens is 1. The molecule has 148 valence electrons. The van der Waals surface area contributed by atoms with Crippen LogP contribution in [0.3, 0.4) is 0 Å². The Morgan fingerprint density at radius 1 is 0.964 bits per heavy atom. The minimum Gasteiger partial charge on any atom is -0.334 e. The van der Waals surface area contributed by atoms with Crippen molar-refractivity contribution >= 4 is 9.84 Å². The average molecular weight is 420 g/mol. The molecule has 4 nitrogen and oxygen atoms in total. The molecule has 1 aromatic heterocycles. The molecule has 28 heavy (non-hydrogen) atoms. The Labute approximate surface area is 154 Å². The largest absolute Gasteiger partial charge is 0.449 e. The lowest BCUT2D eigenvalue weighted by Crippen LogP contribution is -2.07. The predicted molar refractivity (Wildman–Crippen MR) is 87.4 cm³/mol. The topological polar surface area (TPSA) is 62.8 Å². The fourth-order valence-electron chi connectivity index (χ4n) is 2.52. The van der Waals surface area contributed by atoms with Gasteiger partial charge >= 0.3 is 6.18 Å². The van der Waals surface area contributed by atoms with Crippen LogP contribution >= 0.6 is 0 Å². The van der Waals surface area contributed by atoms with Crippen LogP contribution in [0.1, 0.15) is 5.82 Å².